The number of non-ortho nitro benzene ring substituents is 1. The van der Waals surface area contributed by atoms with Crippen molar-refractivity contribution >= 4 is 17.8 Å². The van der Waals surface area contributed by atoms with Crippen LogP contribution in [0.1, 0.15) is 24.0 Å². The molecule has 0 radical (unpaired) electrons. The predicted molar refractivity (Wildman–Crippen MR) is 109 cm³/mol. The Balaban J connectivity index is 1.22. The topological polar surface area (TPSA) is 108 Å². The predicted octanol–water partition coefficient (Wildman–Crippen LogP) is 1.27. The quantitative estimate of drug-likeness (QED) is 0.423. The molecule has 0 saturated carbocycles. The van der Waals surface area contributed by atoms with Crippen LogP contribution >= 0.6 is 0 Å². The van der Waals surface area contributed by atoms with Gasteiger partial charge in [-0.3, -0.25) is 14.9 Å². The molecule has 1 fully saturated rings. The number of nitro groups is 1. The first-order chi connectivity index (χ1) is 14.6. The first-order valence-corrected chi connectivity index (χ1v) is 9.88. The third kappa shape index (κ3) is 4.74. The van der Waals surface area contributed by atoms with Crippen molar-refractivity contribution in [3.8, 4) is 11.5 Å². The molecule has 2 aliphatic rings. The summed E-state index contributed by atoms with van der Waals surface area (Å²) in [5, 5.41) is 14.8. The molecule has 0 aliphatic carbocycles. The van der Waals surface area contributed by atoms with Crippen molar-refractivity contribution in [1.82, 2.24) is 5.43 Å². The SMILES string of the molecule is O=C(N/N=C\c1ccc2c(c1)OCO2)C1CC[NH+](Cc2ccc([N+](=O)[O-])cc2)CC1. The summed E-state index contributed by atoms with van der Waals surface area (Å²) in [5.74, 6) is 1.26. The molecule has 9 nitrogen and oxygen atoms in total. The summed E-state index contributed by atoms with van der Waals surface area (Å²) in [6.45, 7) is 2.77. The summed E-state index contributed by atoms with van der Waals surface area (Å²) in [6.07, 6.45) is 3.16. The van der Waals surface area contributed by atoms with Gasteiger partial charge in [-0.2, -0.15) is 5.10 Å². The largest absolute Gasteiger partial charge is 0.454 e. The number of nitrogens with one attached hydrogen (secondary N) is 2. The van der Waals surface area contributed by atoms with Crippen LogP contribution in [0.2, 0.25) is 0 Å². The number of piperidine rings is 1. The van der Waals surface area contributed by atoms with Crippen LogP contribution in [0.15, 0.2) is 47.6 Å². The summed E-state index contributed by atoms with van der Waals surface area (Å²) in [7, 11) is 0. The van der Waals surface area contributed by atoms with E-state index in [4.69, 9.17) is 9.47 Å². The number of amides is 1. The molecule has 1 amide bonds. The zero-order valence-electron chi connectivity index (χ0n) is 16.4. The fourth-order valence-corrected chi connectivity index (χ4v) is 3.74. The van der Waals surface area contributed by atoms with Gasteiger partial charge in [0.2, 0.25) is 12.7 Å². The van der Waals surface area contributed by atoms with Crippen molar-refractivity contribution in [1.29, 1.82) is 0 Å². The second-order valence-electron chi connectivity index (χ2n) is 7.47. The van der Waals surface area contributed by atoms with Gasteiger partial charge in [0.25, 0.3) is 5.69 Å². The van der Waals surface area contributed by atoms with Crippen molar-refractivity contribution in [3.63, 3.8) is 0 Å². The minimum Gasteiger partial charge on any atom is -0.454 e. The van der Waals surface area contributed by atoms with E-state index >= 15 is 0 Å². The number of quaternary nitrogens is 1. The molecule has 30 heavy (non-hydrogen) atoms. The van der Waals surface area contributed by atoms with Gasteiger partial charge < -0.3 is 14.4 Å². The van der Waals surface area contributed by atoms with E-state index in [9.17, 15) is 14.9 Å². The Morgan fingerprint density at radius 2 is 1.90 bits per heavy atom. The molecule has 2 heterocycles. The van der Waals surface area contributed by atoms with Crippen molar-refractivity contribution in [3.05, 3.63) is 63.7 Å². The van der Waals surface area contributed by atoms with Crippen LogP contribution in [-0.2, 0) is 11.3 Å². The lowest BCUT2D eigenvalue weighted by atomic mass is 9.96. The standard InChI is InChI=1S/C21H22N4O5/c26-21(23-22-12-16-3-6-19-20(11-16)30-14-29-19)17-7-9-24(10-8-17)13-15-1-4-18(5-2-15)25(27)28/h1-6,11-12,17H,7-10,13-14H2,(H,23,26)/p+1/b22-12-. The van der Waals surface area contributed by atoms with Crippen LogP contribution in [0.25, 0.3) is 0 Å². The maximum Gasteiger partial charge on any atom is 0.269 e. The number of nitrogens with zero attached hydrogens (tertiary/aromatic N) is 2. The number of carbonyl (C=O) groups excluding carboxylic acids is 1. The highest BCUT2D eigenvalue weighted by molar-refractivity contribution is 5.84. The minimum absolute atomic E-state index is 0.0560. The van der Waals surface area contributed by atoms with Crippen molar-refractivity contribution < 1.29 is 24.1 Å². The van der Waals surface area contributed by atoms with E-state index in [1.807, 2.05) is 18.2 Å². The Bertz CT molecular complexity index is 952. The molecular formula is C21H23N4O5+. The molecule has 1 saturated heterocycles. The van der Waals surface area contributed by atoms with Crippen LogP contribution in [0.5, 0.6) is 11.5 Å². The summed E-state index contributed by atoms with van der Waals surface area (Å²) >= 11 is 0. The molecule has 2 aromatic carbocycles. The average molecular weight is 411 g/mol. The van der Waals surface area contributed by atoms with Crippen LogP contribution in [0.3, 0.4) is 0 Å². The fraction of sp³-hybridized carbons (Fsp3) is 0.333. The van der Waals surface area contributed by atoms with Gasteiger partial charge in [0.1, 0.15) is 6.54 Å². The van der Waals surface area contributed by atoms with Gasteiger partial charge in [0.05, 0.1) is 30.1 Å². The molecule has 0 atom stereocenters. The average Bonchev–Trinajstić information content (AvgIpc) is 3.22. The summed E-state index contributed by atoms with van der Waals surface area (Å²) in [5.41, 5.74) is 4.62. The maximum atomic E-state index is 12.4. The molecule has 2 aliphatic heterocycles. The second-order valence-corrected chi connectivity index (χ2v) is 7.47. The second kappa shape index (κ2) is 8.91. The molecular weight excluding hydrogens is 388 g/mol. The molecule has 9 heteroatoms. The molecule has 2 N–H and O–H groups in total. The van der Waals surface area contributed by atoms with Gasteiger partial charge in [-0.05, 0) is 35.9 Å². The van der Waals surface area contributed by atoms with Crippen molar-refractivity contribution in [2.75, 3.05) is 19.9 Å². The monoisotopic (exact) mass is 411 g/mol. The number of hydrazone groups is 1. The Hall–Kier alpha value is -3.46. The van der Waals surface area contributed by atoms with Crippen LogP contribution in [-0.4, -0.2) is 36.9 Å². The van der Waals surface area contributed by atoms with Gasteiger partial charge in [0, 0.05) is 30.5 Å². The number of hydrogen-bond acceptors (Lipinski definition) is 6. The zero-order valence-corrected chi connectivity index (χ0v) is 16.4. The maximum absolute atomic E-state index is 12.4. The van der Waals surface area contributed by atoms with Gasteiger partial charge in [-0.1, -0.05) is 0 Å². The number of nitro benzene ring substituents is 1. The van der Waals surface area contributed by atoms with E-state index in [1.165, 1.54) is 17.0 Å². The Morgan fingerprint density at radius 1 is 1.17 bits per heavy atom. The van der Waals surface area contributed by atoms with Crippen molar-refractivity contribution in [2.24, 2.45) is 11.0 Å². The molecule has 2 aromatic rings. The normalized spacial score (nSPS) is 20.3. The van der Waals surface area contributed by atoms with Gasteiger partial charge in [-0.25, -0.2) is 5.43 Å². The minimum atomic E-state index is -0.393. The molecule has 0 bridgehead atoms. The van der Waals surface area contributed by atoms with E-state index in [0.29, 0.717) is 11.5 Å². The summed E-state index contributed by atoms with van der Waals surface area (Å²) < 4.78 is 10.6. The lowest BCUT2D eigenvalue weighted by molar-refractivity contribution is -0.919. The lowest BCUT2D eigenvalue weighted by Crippen LogP contribution is -3.11. The number of hydrogen-bond donors (Lipinski definition) is 2. The third-order valence-electron chi connectivity index (χ3n) is 5.45. The number of benzene rings is 2. The Morgan fingerprint density at radius 3 is 2.63 bits per heavy atom. The highest BCUT2D eigenvalue weighted by atomic mass is 16.7. The number of rotatable bonds is 6. The number of carbonyl (C=O) groups is 1. The third-order valence-corrected chi connectivity index (χ3v) is 5.45. The number of fused-ring (bicyclic) bond motifs is 1. The van der Waals surface area contributed by atoms with E-state index in [0.717, 1.165) is 43.6 Å². The smallest absolute Gasteiger partial charge is 0.269 e. The van der Waals surface area contributed by atoms with E-state index in [2.05, 4.69) is 10.5 Å². The summed E-state index contributed by atoms with van der Waals surface area (Å²) in [6, 6.07) is 12.2. The lowest BCUT2D eigenvalue weighted by Gasteiger charge is -2.28. The Kier molecular flexibility index (Phi) is 5.89. The van der Waals surface area contributed by atoms with Crippen molar-refractivity contribution in [2.45, 2.75) is 19.4 Å². The molecule has 156 valence electrons. The van der Waals surface area contributed by atoms with E-state index in [1.54, 1.807) is 18.3 Å². The van der Waals surface area contributed by atoms with Crippen LogP contribution in [0.4, 0.5) is 5.69 Å². The first kappa shape index (κ1) is 19.8. The first-order valence-electron chi connectivity index (χ1n) is 9.88. The number of likely N-dealkylation sites (tertiary alicyclic amines) is 1. The van der Waals surface area contributed by atoms with E-state index < -0.39 is 4.92 Å². The Labute approximate surface area is 173 Å². The van der Waals surface area contributed by atoms with Gasteiger partial charge in [-0.15, -0.1) is 0 Å². The molecule has 0 aromatic heterocycles. The van der Waals surface area contributed by atoms with Crippen LogP contribution < -0.4 is 19.8 Å². The van der Waals surface area contributed by atoms with E-state index in [-0.39, 0.29) is 24.3 Å². The summed E-state index contributed by atoms with van der Waals surface area (Å²) in [4.78, 5) is 24.1. The highest BCUT2D eigenvalue weighted by Crippen LogP contribution is 2.31. The number of ether oxygens (including phenoxy) is 2. The van der Waals surface area contributed by atoms with Gasteiger partial charge >= 0.3 is 0 Å². The molecule has 4 rings (SSSR count). The zero-order chi connectivity index (χ0) is 20.9. The molecule has 0 spiro atoms. The molecule has 0 unspecified atom stereocenters. The van der Waals surface area contributed by atoms with Gasteiger partial charge in [0.15, 0.2) is 11.5 Å². The fourth-order valence-electron chi connectivity index (χ4n) is 3.74. The van der Waals surface area contributed by atoms with Crippen LogP contribution in [0, 0.1) is 16.0 Å². The highest BCUT2D eigenvalue weighted by Gasteiger charge is 2.27.